The average Bonchev–Trinajstić information content (AvgIpc) is 2.46. The topological polar surface area (TPSA) is 43.4 Å². The van der Waals surface area contributed by atoms with E-state index in [0.29, 0.717) is 11.8 Å². The van der Waals surface area contributed by atoms with E-state index in [9.17, 15) is 9.59 Å². The van der Waals surface area contributed by atoms with Gasteiger partial charge < -0.3 is 9.53 Å². The van der Waals surface area contributed by atoms with Crippen molar-refractivity contribution >= 4 is 23.0 Å². The Morgan fingerprint density at radius 1 is 1.21 bits per heavy atom. The number of fused-ring (bicyclic) bond motifs is 1. The van der Waals surface area contributed by atoms with E-state index in [1.807, 2.05) is 36.4 Å². The van der Waals surface area contributed by atoms with E-state index in [1.54, 1.807) is 19.9 Å². The summed E-state index contributed by atoms with van der Waals surface area (Å²) in [6.45, 7) is 3.58. The summed E-state index contributed by atoms with van der Waals surface area (Å²) in [7, 11) is 0. The molecule has 19 heavy (non-hydrogen) atoms. The Morgan fingerprint density at radius 3 is 2.58 bits per heavy atom. The van der Waals surface area contributed by atoms with Crippen molar-refractivity contribution in [1.29, 1.82) is 0 Å². The summed E-state index contributed by atoms with van der Waals surface area (Å²) in [5.41, 5.74) is -0.587. The molecular weight excluding hydrogens is 240 g/mol. The smallest absolute Gasteiger partial charge is 0.323 e. The van der Waals surface area contributed by atoms with Gasteiger partial charge in [-0.1, -0.05) is 42.5 Å². The fourth-order valence-corrected chi connectivity index (χ4v) is 2.18. The lowest BCUT2D eigenvalue weighted by Crippen LogP contribution is -2.36. The lowest BCUT2D eigenvalue weighted by Gasteiger charge is -2.23. The Bertz CT molecular complexity index is 613. The van der Waals surface area contributed by atoms with Crippen LogP contribution in [-0.2, 0) is 19.7 Å². The van der Waals surface area contributed by atoms with Gasteiger partial charge in [-0.05, 0) is 30.2 Å². The maximum absolute atomic E-state index is 12.1. The number of carbonyl (C=O) groups is 2. The van der Waals surface area contributed by atoms with Crippen molar-refractivity contribution in [2.75, 3.05) is 6.61 Å². The van der Waals surface area contributed by atoms with Crippen molar-refractivity contribution < 1.29 is 14.3 Å². The number of esters is 1. The lowest BCUT2D eigenvalue weighted by molar-refractivity contribution is -0.150. The monoisotopic (exact) mass is 256 g/mol. The first kappa shape index (κ1) is 13.3. The van der Waals surface area contributed by atoms with Crippen LogP contribution >= 0.6 is 0 Å². The third-order valence-electron chi connectivity index (χ3n) is 3.28. The second-order valence-corrected chi connectivity index (χ2v) is 4.57. The van der Waals surface area contributed by atoms with Gasteiger partial charge in [0.25, 0.3) is 0 Å². The molecule has 0 spiro atoms. The SMILES string of the molecule is CCOC(=O)C(C)(C=O)c1cccc2ccccc12. The van der Waals surface area contributed by atoms with E-state index >= 15 is 0 Å². The number of benzene rings is 2. The molecular formula is C16H16O3. The first-order valence-electron chi connectivity index (χ1n) is 6.25. The average molecular weight is 256 g/mol. The zero-order valence-corrected chi connectivity index (χ0v) is 11.1. The predicted molar refractivity (Wildman–Crippen MR) is 74.0 cm³/mol. The molecule has 3 nitrogen and oxygen atoms in total. The van der Waals surface area contributed by atoms with Crippen LogP contribution in [0.2, 0.25) is 0 Å². The maximum atomic E-state index is 12.1. The zero-order chi connectivity index (χ0) is 13.9. The molecule has 2 aromatic carbocycles. The highest BCUT2D eigenvalue weighted by Gasteiger charge is 2.37. The summed E-state index contributed by atoms with van der Waals surface area (Å²) < 4.78 is 5.03. The highest BCUT2D eigenvalue weighted by Crippen LogP contribution is 2.30. The summed E-state index contributed by atoms with van der Waals surface area (Å²) in [5, 5.41) is 1.89. The zero-order valence-electron chi connectivity index (χ0n) is 11.1. The summed E-state index contributed by atoms with van der Waals surface area (Å²) in [4.78, 5) is 23.6. The molecule has 0 bridgehead atoms. The van der Waals surface area contributed by atoms with Crippen molar-refractivity contribution in [3.05, 3.63) is 48.0 Å². The third kappa shape index (κ3) is 2.24. The number of hydrogen-bond donors (Lipinski definition) is 0. The normalized spacial score (nSPS) is 13.8. The Morgan fingerprint density at radius 2 is 1.89 bits per heavy atom. The van der Waals surface area contributed by atoms with E-state index in [1.165, 1.54) is 0 Å². The van der Waals surface area contributed by atoms with E-state index < -0.39 is 11.4 Å². The minimum absolute atomic E-state index is 0.257. The van der Waals surface area contributed by atoms with Gasteiger partial charge in [0, 0.05) is 0 Å². The van der Waals surface area contributed by atoms with Crippen LogP contribution in [0, 0.1) is 0 Å². The van der Waals surface area contributed by atoms with Gasteiger partial charge in [-0.15, -0.1) is 0 Å². The van der Waals surface area contributed by atoms with Crippen molar-refractivity contribution in [3.63, 3.8) is 0 Å². The molecule has 0 aliphatic rings. The second kappa shape index (κ2) is 5.22. The van der Waals surface area contributed by atoms with Gasteiger partial charge >= 0.3 is 5.97 Å². The molecule has 0 aliphatic heterocycles. The van der Waals surface area contributed by atoms with Crippen LogP contribution in [-0.4, -0.2) is 18.9 Å². The first-order chi connectivity index (χ1) is 9.13. The van der Waals surface area contributed by atoms with Gasteiger partial charge in [-0.3, -0.25) is 4.79 Å². The molecule has 0 saturated carbocycles. The molecule has 0 aromatic heterocycles. The van der Waals surface area contributed by atoms with Crippen LogP contribution in [0.15, 0.2) is 42.5 Å². The Balaban J connectivity index is 2.64. The van der Waals surface area contributed by atoms with Crippen LogP contribution in [0.4, 0.5) is 0 Å². The lowest BCUT2D eigenvalue weighted by atomic mass is 9.81. The summed E-state index contributed by atoms with van der Waals surface area (Å²) in [5.74, 6) is -0.513. The molecule has 1 unspecified atom stereocenters. The number of hydrogen-bond acceptors (Lipinski definition) is 3. The largest absolute Gasteiger partial charge is 0.465 e. The minimum Gasteiger partial charge on any atom is -0.465 e. The van der Waals surface area contributed by atoms with Crippen LogP contribution in [0.3, 0.4) is 0 Å². The quantitative estimate of drug-likeness (QED) is 0.480. The predicted octanol–water partition coefficient (Wildman–Crippen LogP) is 2.86. The van der Waals surface area contributed by atoms with Gasteiger partial charge in [0.05, 0.1) is 6.61 Å². The second-order valence-electron chi connectivity index (χ2n) is 4.57. The Labute approximate surface area is 112 Å². The first-order valence-corrected chi connectivity index (χ1v) is 6.25. The van der Waals surface area contributed by atoms with Gasteiger partial charge in [0.15, 0.2) is 0 Å². The van der Waals surface area contributed by atoms with Gasteiger partial charge in [-0.25, -0.2) is 0 Å². The van der Waals surface area contributed by atoms with Crippen molar-refractivity contribution in [2.24, 2.45) is 0 Å². The third-order valence-corrected chi connectivity index (χ3v) is 3.28. The molecule has 0 amide bonds. The molecule has 3 heteroatoms. The van der Waals surface area contributed by atoms with Gasteiger partial charge in [-0.2, -0.15) is 0 Å². The van der Waals surface area contributed by atoms with Crippen LogP contribution in [0.1, 0.15) is 19.4 Å². The van der Waals surface area contributed by atoms with Crippen molar-refractivity contribution in [3.8, 4) is 0 Å². The molecule has 0 heterocycles. The number of aldehydes is 1. The molecule has 0 radical (unpaired) electrons. The van der Waals surface area contributed by atoms with E-state index in [-0.39, 0.29) is 6.61 Å². The molecule has 2 aromatic rings. The van der Waals surface area contributed by atoms with Crippen molar-refractivity contribution in [1.82, 2.24) is 0 Å². The number of rotatable bonds is 4. The Kier molecular flexibility index (Phi) is 3.65. The fraction of sp³-hybridized carbons (Fsp3) is 0.250. The molecule has 0 aliphatic carbocycles. The maximum Gasteiger partial charge on any atom is 0.323 e. The van der Waals surface area contributed by atoms with E-state index in [0.717, 1.165) is 10.8 Å². The van der Waals surface area contributed by atoms with Crippen LogP contribution in [0.25, 0.3) is 10.8 Å². The molecule has 98 valence electrons. The highest BCUT2D eigenvalue weighted by molar-refractivity contribution is 6.04. The summed E-state index contributed by atoms with van der Waals surface area (Å²) >= 11 is 0. The van der Waals surface area contributed by atoms with Gasteiger partial charge in [0.2, 0.25) is 0 Å². The van der Waals surface area contributed by atoms with E-state index in [4.69, 9.17) is 4.74 Å². The Hall–Kier alpha value is -2.16. The fourth-order valence-electron chi connectivity index (χ4n) is 2.18. The molecule has 1 atom stereocenters. The molecule has 0 saturated heterocycles. The molecule has 2 rings (SSSR count). The van der Waals surface area contributed by atoms with Gasteiger partial charge in [0.1, 0.15) is 11.7 Å². The molecule has 0 N–H and O–H groups in total. The number of ether oxygens (including phenoxy) is 1. The minimum atomic E-state index is -1.27. The van der Waals surface area contributed by atoms with Crippen LogP contribution in [0.5, 0.6) is 0 Å². The summed E-state index contributed by atoms with van der Waals surface area (Å²) in [6, 6.07) is 13.3. The van der Waals surface area contributed by atoms with E-state index in [2.05, 4.69) is 0 Å². The van der Waals surface area contributed by atoms with Crippen LogP contribution < -0.4 is 0 Å². The number of carbonyl (C=O) groups excluding carboxylic acids is 2. The molecule has 0 fully saturated rings. The summed E-state index contributed by atoms with van der Waals surface area (Å²) in [6.07, 6.45) is 0.659. The highest BCUT2D eigenvalue weighted by atomic mass is 16.5. The standard InChI is InChI=1S/C16H16O3/c1-3-19-15(18)16(2,11-17)14-10-6-8-12-7-4-5-9-13(12)14/h4-11H,3H2,1-2H3. The van der Waals surface area contributed by atoms with Crippen molar-refractivity contribution in [2.45, 2.75) is 19.3 Å².